The molecule has 0 bridgehead atoms. The van der Waals surface area contributed by atoms with Crippen molar-refractivity contribution in [3.05, 3.63) is 17.5 Å². The number of aromatic amines is 1. The molecule has 0 fully saturated rings. The second-order valence-corrected chi connectivity index (χ2v) is 2.18. The van der Waals surface area contributed by atoms with Crippen LogP contribution in [0.25, 0.3) is 0 Å². The fourth-order valence-corrected chi connectivity index (χ4v) is 0.705. The van der Waals surface area contributed by atoms with Gasteiger partial charge in [-0.05, 0) is 6.07 Å². The van der Waals surface area contributed by atoms with E-state index in [2.05, 4.69) is 14.9 Å². The van der Waals surface area contributed by atoms with Gasteiger partial charge in [0.05, 0.1) is 5.69 Å². The summed E-state index contributed by atoms with van der Waals surface area (Å²) in [6.45, 7) is -0.0965. The molecule has 0 atom stereocenters. The third kappa shape index (κ3) is 2.46. The van der Waals surface area contributed by atoms with Gasteiger partial charge in [-0.1, -0.05) is 0 Å². The summed E-state index contributed by atoms with van der Waals surface area (Å²) >= 11 is 0. The number of alkyl halides is 3. The summed E-state index contributed by atoms with van der Waals surface area (Å²) in [6.07, 6.45) is -4.48. The number of nitrogens with zero attached hydrogens (tertiary/aromatic N) is 1. The van der Waals surface area contributed by atoms with Gasteiger partial charge in [0.15, 0.2) is 5.69 Å². The highest BCUT2D eigenvalue weighted by atomic mass is 19.4. The lowest BCUT2D eigenvalue weighted by molar-refractivity contribution is -0.141. The van der Waals surface area contributed by atoms with Gasteiger partial charge in [-0.15, -0.1) is 0 Å². The first-order valence-corrected chi connectivity index (χ1v) is 3.21. The summed E-state index contributed by atoms with van der Waals surface area (Å²) in [5.41, 5.74) is -0.934. The summed E-state index contributed by atoms with van der Waals surface area (Å²) in [5.74, 6) is 0. The second-order valence-electron chi connectivity index (χ2n) is 2.18. The van der Waals surface area contributed by atoms with E-state index in [4.69, 9.17) is 0 Å². The molecule has 1 rings (SSSR count). The fraction of sp³-hybridized carbons (Fsp3) is 0.333. The molecule has 1 N–H and O–H groups in total. The van der Waals surface area contributed by atoms with E-state index in [0.717, 1.165) is 6.07 Å². The van der Waals surface area contributed by atoms with Crippen molar-refractivity contribution in [2.75, 3.05) is 0 Å². The van der Waals surface area contributed by atoms with Crippen molar-refractivity contribution in [3.63, 3.8) is 0 Å². The topological polar surface area (TPSA) is 55.0 Å². The van der Waals surface area contributed by atoms with E-state index in [1.165, 1.54) is 0 Å². The number of H-pyrrole nitrogens is 1. The molecular weight excluding hydrogens is 189 g/mol. The minimum atomic E-state index is -4.48. The van der Waals surface area contributed by atoms with Crippen LogP contribution < -0.4 is 0 Å². The highest BCUT2D eigenvalue weighted by Crippen LogP contribution is 2.27. The third-order valence-corrected chi connectivity index (χ3v) is 1.23. The number of rotatable bonds is 3. The Bertz CT molecular complexity index is 294. The molecule has 0 saturated heterocycles. The second kappa shape index (κ2) is 3.46. The molecule has 7 heteroatoms. The summed E-state index contributed by atoms with van der Waals surface area (Å²) in [4.78, 5) is 9.70. The van der Waals surface area contributed by atoms with Crippen LogP contribution in [0.15, 0.2) is 6.07 Å². The lowest BCUT2D eigenvalue weighted by Crippen LogP contribution is -2.04. The average Bonchev–Trinajstić information content (AvgIpc) is 2.47. The number of carbonyl (C=O) groups is 1. The van der Waals surface area contributed by atoms with Crippen molar-refractivity contribution >= 4 is 6.47 Å². The van der Waals surface area contributed by atoms with E-state index in [1.54, 1.807) is 0 Å². The van der Waals surface area contributed by atoms with Crippen LogP contribution in [0.3, 0.4) is 0 Å². The molecule has 0 aliphatic heterocycles. The molecule has 0 radical (unpaired) electrons. The highest BCUT2D eigenvalue weighted by molar-refractivity contribution is 5.37. The molecule has 0 amide bonds. The van der Waals surface area contributed by atoms with Gasteiger partial charge in [-0.25, -0.2) is 0 Å². The predicted octanol–water partition coefficient (Wildman–Crippen LogP) is 1.10. The van der Waals surface area contributed by atoms with Crippen molar-refractivity contribution in [1.29, 1.82) is 0 Å². The van der Waals surface area contributed by atoms with Crippen LogP contribution in [0.1, 0.15) is 11.4 Å². The van der Waals surface area contributed by atoms with Crippen LogP contribution in [-0.4, -0.2) is 16.7 Å². The van der Waals surface area contributed by atoms with Crippen LogP contribution in [0.5, 0.6) is 0 Å². The Morgan fingerprint density at radius 3 is 2.77 bits per heavy atom. The Balaban J connectivity index is 2.69. The average molecular weight is 194 g/mol. The van der Waals surface area contributed by atoms with Gasteiger partial charge in [-0.3, -0.25) is 9.89 Å². The monoisotopic (exact) mass is 194 g/mol. The summed E-state index contributed by atoms with van der Waals surface area (Å²) in [5, 5.41) is 5.09. The first-order valence-electron chi connectivity index (χ1n) is 3.21. The molecule has 13 heavy (non-hydrogen) atoms. The van der Waals surface area contributed by atoms with E-state index in [0.29, 0.717) is 0 Å². The van der Waals surface area contributed by atoms with E-state index in [9.17, 15) is 18.0 Å². The van der Waals surface area contributed by atoms with Crippen LogP contribution >= 0.6 is 0 Å². The molecule has 0 saturated carbocycles. The molecule has 72 valence electrons. The highest BCUT2D eigenvalue weighted by Gasteiger charge is 2.33. The van der Waals surface area contributed by atoms with Crippen LogP contribution in [0.2, 0.25) is 0 Å². The Hall–Kier alpha value is -1.53. The van der Waals surface area contributed by atoms with Crippen molar-refractivity contribution < 1.29 is 22.7 Å². The number of ether oxygens (including phenoxy) is 1. The molecule has 4 nitrogen and oxygen atoms in total. The number of carbonyl (C=O) groups excluding carboxylic acids is 1. The predicted molar refractivity (Wildman–Crippen MR) is 34.4 cm³/mol. The minimum absolute atomic E-state index is 0.0967. The maximum absolute atomic E-state index is 11.9. The van der Waals surface area contributed by atoms with E-state index >= 15 is 0 Å². The maximum atomic E-state index is 11.9. The zero-order valence-electron chi connectivity index (χ0n) is 6.26. The van der Waals surface area contributed by atoms with Crippen LogP contribution in [-0.2, 0) is 22.3 Å². The first kappa shape index (κ1) is 9.56. The standard InChI is InChI=1S/C6H5F3N2O2/c7-6(8,9)5-1-4(10-11-5)2-13-3-12/h1,3H,2H2,(H,10,11). The molecule has 1 aromatic rings. The fourth-order valence-electron chi connectivity index (χ4n) is 0.705. The largest absolute Gasteiger partial charge is 0.461 e. The van der Waals surface area contributed by atoms with Gasteiger partial charge in [-0.2, -0.15) is 18.3 Å². The Labute approximate surface area is 70.7 Å². The van der Waals surface area contributed by atoms with E-state index in [1.807, 2.05) is 0 Å². The molecular formula is C6H5F3N2O2. The molecule has 0 aliphatic rings. The molecule has 0 aliphatic carbocycles. The lowest BCUT2D eigenvalue weighted by atomic mass is 10.3. The van der Waals surface area contributed by atoms with Crippen molar-refractivity contribution in [2.24, 2.45) is 0 Å². The Morgan fingerprint density at radius 2 is 2.31 bits per heavy atom. The van der Waals surface area contributed by atoms with E-state index < -0.39 is 11.9 Å². The molecule has 0 spiro atoms. The smallest absolute Gasteiger partial charge is 0.435 e. The number of nitrogens with one attached hydrogen (secondary N) is 1. The van der Waals surface area contributed by atoms with Gasteiger partial charge < -0.3 is 4.74 Å². The van der Waals surface area contributed by atoms with Crippen LogP contribution in [0.4, 0.5) is 13.2 Å². The van der Waals surface area contributed by atoms with Gasteiger partial charge in [0.25, 0.3) is 6.47 Å². The molecule has 0 aromatic carbocycles. The Kier molecular flexibility index (Phi) is 2.54. The quantitative estimate of drug-likeness (QED) is 0.733. The zero-order valence-corrected chi connectivity index (χ0v) is 6.26. The minimum Gasteiger partial charge on any atom is -0.461 e. The zero-order chi connectivity index (χ0) is 9.90. The SMILES string of the molecule is O=COCc1cc(C(F)(F)F)n[nH]1. The van der Waals surface area contributed by atoms with Crippen molar-refractivity contribution in [2.45, 2.75) is 12.8 Å². The first-order chi connectivity index (χ1) is 6.04. The molecule has 0 unspecified atom stereocenters. The number of aromatic nitrogens is 2. The lowest BCUT2D eigenvalue weighted by Gasteiger charge is -1.98. The summed E-state index contributed by atoms with van der Waals surface area (Å²) in [6, 6.07) is 0.781. The number of hydrogen-bond acceptors (Lipinski definition) is 3. The van der Waals surface area contributed by atoms with E-state index in [-0.39, 0.29) is 18.8 Å². The van der Waals surface area contributed by atoms with Gasteiger partial charge >= 0.3 is 6.18 Å². The van der Waals surface area contributed by atoms with Crippen molar-refractivity contribution in [3.8, 4) is 0 Å². The van der Waals surface area contributed by atoms with Gasteiger partial charge in [0.2, 0.25) is 0 Å². The molecule has 1 aromatic heterocycles. The summed E-state index contributed by atoms with van der Waals surface area (Å²) < 4.78 is 40.0. The normalized spacial score (nSPS) is 11.3. The third-order valence-electron chi connectivity index (χ3n) is 1.23. The summed E-state index contributed by atoms with van der Waals surface area (Å²) in [7, 11) is 0. The van der Waals surface area contributed by atoms with Gasteiger partial charge in [0, 0.05) is 0 Å². The number of hydrogen-bond donors (Lipinski definition) is 1. The maximum Gasteiger partial charge on any atom is 0.435 e. The molecule has 1 heterocycles. The van der Waals surface area contributed by atoms with Crippen molar-refractivity contribution in [1.82, 2.24) is 10.2 Å². The Morgan fingerprint density at radius 1 is 1.62 bits per heavy atom. The number of halogens is 3. The van der Waals surface area contributed by atoms with Crippen LogP contribution in [0, 0.1) is 0 Å². The van der Waals surface area contributed by atoms with Gasteiger partial charge in [0.1, 0.15) is 6.61 Å².